The van der Waals surface area contributed by atoms with Crippen molar-refractivity contribution in [3.05, 3.63) is 17.7 Å². The average Bonchev–Trinajstić information content (AvgIpc) is 2.74. The Morgan fingerprint density at radius 2 is 2.57 bits per heavy atom. The topological polar surface area (TPSA) is 31.9 Å². The molecule has 0 spiro atoms. The van der Waals surface area contributed by atoms with Crippen LogP contribution in [0.1, 0.15) is 23.9 Å². The van der Waals surface area contributed by atoms with E-state index in [2.05, 4.69) is 34.5 Å². The molecule has 0 aromatic carbocycles. The zero-order valence-electron chi connectivity index (χ0n) is 8.53. The van der Waals surface area contributed by atoms with Gasteiger partial charge in [-0.1, -0.05) is 0 Å². The highest BCUT2D eigenvalue weighted by Crippen LogP contribution is 2.24. The summed E-state index contributed by atoms with van der Waals surface area (Å²) in [6.07, 6.45) is 4.17. The number of likely N-dealkylation sites (tertiary alicyclic amines) is 1. The molecular formula is C10H17N3S. The van der Waals surface area contributed by atoms with Crippen LogP contribution in [0.3, 0.4) is 0 Å². The lowest BCUT2D eigenvalue weighted by atomic mass is 10.1. The van der Waals surface area contributed by atoms with Crippen LogP contribution in [-0.4, -0.2) is 40.8 Å². The molecule has 78 valence electrons. The van der Waals surface area contributed by atoms with E-state index >= 15 is 0 Å². The quantitative estimate of drug-likeness (QED) is 0.739. The van der Waals surface area contributed by atoms with Crippen LogP contribution in [0.2, 0.25) is 0 Å². The fraction of sp³-hybridized carbons (Fsp3) is 0.700. The Balaban J connectivity index is 2.02. The molecule has 1 aromatic rings. The van der Waals surface area contributed by atoms with E-state index in [1.807, 2.05) is 6.20 Å². The first-order valence-electron chi connectivity index (χ1n) is 5.13. The van der Waals surface area contributed by atoms with Crippen molar-refractivity contribution >= 4 is 12.6 Å². The maximum absolute atomic E-state index is 4.35. The minimum absolute atomic E-state index is 0.654. The fourth-order valence-corrected chi connectivity index (χ4v) is 2.22. The SMILES string of the molecule is CN1CCC(c2cnc(CCS)[nH]2)C1. The predicted molar refractivity (Wildman–Crippen MR) is 61.0 cm³/mol. The summed E-state index contributed by atoms with van der Waals surface area (Å²) in [5.74, 6) is 2.59. The molecule has 1 N–H and O–H groups in total. The van der Waals surface area contributed by atoms with Crippen molar-refractivity contribution in [1.29, 1.82) is 0 Å². The summed E-state index contributed by atoms with van der Waals surface area (Å²) in [4.78, 5) is 10.1. The number of hydrogen-bond acceptors (Lipinski definition) is 3. The Morgan fingerprint density at radius 3 is 3.21 bits per heavy atom. The molecule has 0 amide bonds. The fourth-order valence-electron chi connectivity index (χ4n) is 2.01. The average molecular weight is 211 g/mol. The molecule has 1 aromatic heterocycles. The minimum atomic E-state index is 0.654. The Labute approximate surface area is 90.3 Å². The molecule has 14 heavy (non-hydrogen) atoms. The Kier molecular flexibility index (Phi) is 3.13. The molecule has 1 saturated heterocycles. The molecule has 2 rings (SSSR count). The van der Waals surface area contributed by atoms with Gasteiger partial charge in [0, 0.05) is 30.8 Å². The maximum atomic E-state index is 4.35. The molecule has 0 radical (unpaired) electrons. The highest BCUT2D eigenvalue weighted by Gasteiger charge is 2.22. The molecule has 1 aliphatic rings. The molecule has 1 fully saturated rings. The van der Waals surface area contributed by atoms with Crippen molar-refractivity contribution in [3.63, 3.8) is 0 Å². The van der Waals surface area contributed by atoms with Crippen LogP contribution in [0.5, 0.6) is 0 Å². The second-order valence-electron chi connectivity index (χ2n) is 4.01. The summed E-state index contributed by atoms with van der Waals surface area (Å²) in [6, 6.07) is 0. The van der Waals surface area contributed by atoms with Gasteiger partial charge in [0.25, 0.3) is 0 Å². The first kappa shape index (κ1) is 10.1. The number of aromatic amines is 1. The molecule has 1 aliphatic heterocycles. The summed E-state index contributed by atoms with van der Waals surface area (Å²) in [5.41, 5.74) is 1.30. The van der Waals surface area contributed by atoms with Gasteiger partial charge >= 0.3 is 0 Å². The number of aryl methyl sites for hydroxylation is 1. The second-order valence-corrected chi connectivity index (χ2v) is 4.45. The van der Waals surface area contributed by atoms with Gasteiger partial charge in [-0.3, -0.25) is 0 Å². The van der Waals surface area contributed by atoms with Crippen molar-refractivity contribution in [2.45, 2.75) is 18.8 Å². The predicted octanol–water partition coefficient (Wildman–Crippen LogP) is 1.30. The number of aromatic nitrogens is 2. The van der Waals surface area contributed by atoms with Gasteiger partial charge in [0.2, 0.25) is 0 Å². The summed E-state index contributed by atoms with van der Waals surface area (Å²) in [6.45, 7) is 2.36. The van der Waals surface area contributed by atoms with Crippen molar-refractivity contribution < 1.29 is 0 Å². The van der Waals surface area contributed by atoms with Crippen molar-refractivity contribution in [2.75, 3.05) is 25.9 Å². The molecular weight excluding hydrogens is 194 g/mol. The van der Waals surface area contributed by atoms with E-state index in [4.69, 9.17) is 0 Å². The van der Waals surface area contributed by atoms with Crippen LogP contribution in [0.25, 0.3) is 0 Å². The second kappa shape index (κ2) is 4.36. The normalized spacial score (nSPS) is 23.1. The van der Waals surface area contributed by atoms with E-state index in [1.165, 1.54) is 18.7 Å². The lowest BCUT2D eigenvalue weighted by molar-refractivity contribution is 0.411. The molecule has 0 bridgehead atoms. The summed E-state index contributed by atoms with van der Waals surface area (Å²) >= 11 is 4.20. The highest BCUT2D eigenvalue weighted by atomic mass is 32.1. The van der Waals surface area contributed by atoms with Gasteiger partial charge in [-0.05, 0) is 25.8 Å². The van der Waals surface area contributed by atoms with E-state index < -0.39 is 0 Å². The standard InChI is InChI=1S/C10H17N3S/c1-13-4-2-8(7-13)9-6-11-10(12-9)3-5-14/h6,8,14H,2-5,7H2,1H3,(H,11,12). The number of thiol groups is 1. The van der Waals surface area contributed by atoms with Crippen LogP contribution in [0.15, 0.2) is 6.20 Å². The number of rotatable bonds is 3. The van der Waals surface area contributed by atoms with E-state index in [-0.39, 0.29) is 0 Å². The zero-order chi connectivity index (χ0) is 9.97. The lowest BCUT2D eigenvalue weighted by Gasteiger charge is -2.07. The largest absolute Gasteiger partial charge is 0.346 e. The third kappa shape index (κ3) is 2.12. The van der Waals surface area contributed by atoms with Gasteiger partial charge in [-0.25, -0.2) is 4.98 Å². The number of likely N-dealkylation sites (N-methyl/N-ethyl adjacent to an activating group) is 1. The lowest BCUT2D eigenvalue weighted by Crippen LogP contribution is -2.13. The third-order valence-electron chi connectivity index (χ3n) is 2.83. The molecule has 2 heterocycles. The smallest absolute Gasteiger partial charge is 0.107 e. The van der Waals surface area contributed by atoms with E-state index in [0.29, 0.717) is 5.92 Å². The summed E-state index contributed by atoms with van der Waals surface area (Å²) < 4.78 is 0. The van der Waals surface area contributed by atoms with Crippen LogP contribution < -0.4 is 0 Å². The van der Waals surface area contributed by atoms with Gasteiger partial charge in [-0.2, -0.15) is 12.6 Å². The first-order valence-corrected chi connectivity index (χ1v) is 5.76. The zero-order valence-corrected chi connectivity index (χ0v) is 9.43. The Morgan fingerprint density at radius 1 is 1.71 bits per heavy atom. The molecule has 4 heteroatoms. The first-order chi connectivity index (χ1) is 6.79. The van der Waals surface area contributed by atoms with Gasteiger partial charge in [-0.15, -0.1) is 0 Å². The van der Waals surface area contributed by atoms with Crippen molar-refractivity contribution in [3.8, 4) is 0 Å². The summed E-state index contributed by atoms with van der Waals surface area (Å²) in [7, 11) is 2.17. The van der Waals surface area contributed by atoms with Gasteiger partial charge in [0.1, 0.15) is 5.82 Å². The Bertz CT molecular complexity index is 297. The molecule has 1 unspecified atom stereocenters. The van der Waals surface area contributed by atoms with Crippen LogP contribution in [0, 0.1) is 0 Å². The monoisotopic (exact) mass is 211 g/mol. The van der Waals surface area contributed by atoms with Crippen molar-refractivity contribution in [1.82, 2.24) is 14.9 Å². The maximum Gasteiger partial charge on any atom is 0.107 e. The number of nitrogens with zero attached hydrogens (tertiary/aromatic N) is 2. The highest BCUT2D eigenvalue weighted by molar-refractivity contribution is 7.80. The van der Waals surface area contributed by atoms with Gasteiger partial charge in [0.05, 0.1) is 0 Å². The van der Waals surface area contributed by atoms with Crippen LogP contribution in [0.4, 0.5) is 0 Å². The summed E-state index contributed by atoms with van der Waals surface area (Å²) in [5, 5.41) is 0. The van der Waals surface area contributed by atoms with E-state index in [1.54, 1.807) is 0 Å². The molecule has 0 saturated carbocycles. The van der Waals surface area contributed by atoms with Gasteiger partial charge in [0.15, 0.2) is 0 Å². The number of H-pyrrole nitrogens is 1. The molecule has 3 nitrogen and oxygen atoms in total. The molecule has 0 aliphatic carbocycles. The van der Waals surface area contributed by atoms with E-state index in [9.17, 15) is 0 Å². The number of hydrogen-bond donors (Lipinski definition) is 2. The van der Waals surface area contributed by atoms with Gasteiger partial charge < -0.3 is 9.88 Å². The van der Waals surface area contributed by atoms with E-state index in [0.717, 1.165) is 24.5 Å². The van der Waals surface area contributed by atoms with Crippen LogP contribution >= 0.6 is 12.6 Å². The third-order valence-corrected chi connectivity index (χ3v) is 3.05. The number of nitrogens with one attached hydrogen (secondary N) is 1. The molecule has 1 atom stereocenters. The number of imidazole rings is 1. The van der Waals surface area contributed by atoms with Crippen LogP contribution in [-0.2, 0) is 6.42 Å². The van der Waals surface area contributed by atoms with Crippen molar-refractivity contribution in [2.24, 2.45) is 0 Å². The Hall–Kier alpha value is -0.480. The minimum Gasteiger partial charge on any atom is -0.346 e.